The maximum Gasteiger partial charge on any atom is 0.573 e. The molecule has 2 N–H and O–H groups in total. The Bertz CT molecular complexity index is 1140. The smallest absolute Gasteiger partial charge is 0.405 e. The number of benzene rings is 2. The Morgan fingerprint density at radius 1 is 1.16 bits per heavy atom. The summed E-state index contributed by atoms with van der Waals surface area (Å²) >= 11 is 0. The largest absolute Gasteiger partial charge is 0.573 e. The summed E-state index contributed by atoms with van der Waals surface area (Å²) in [4.78, 5) is 26.4. The highest BCUT2D eigenvalue weighted by Crippen LogP contribution is 2.33. The summed E-state index contributed by atoms with van der Waals surface area (Å²) in [5, 5.41) is 5.61. The van der Waals surface area contributed by atoms with Crippen molar-refractivity contribution in [3.8, 4) is 5.75 Å². The van der Waals surface area contributed by atoms with Crippen LogP contribution in [0.4, 0.5) is 30.8 Å². The average molecular weight is 444 g/mol. The molecule has 0 atom stereocenters. The minimum atomic E-state index is -4.74. The first-order chi connectivity index (χ1) is 15.3. The third-order valence-electron chi connectivity index (χ3n) is 4.90. The molecule has 0 saturated carbocycles. The highest BCUT2D eigenvalue weighted by molar-refractivity contribution is 5.95. The molecule has 0 fully saturated rings. The summed E-state index contributed by atoms with van der Waals surface area (Å²) in [6.07, 6.45) is -3.04. The molecular formula is C21H19F3N6O2. The van der Waals surface area contributed by atoms with Crippen LogP contribution >= 0.6 is 0 Å². The molecule has 0 unspecified atom stereocenters. The van der Waals surface area contributed by atoms with Crippen LogP contribution in [0.15, 0.2) is 48.8 Å². The SMILES string of the molecule is CNC(=O)c1cccc(Nc2ncnc(N3CCc4c(cccc4OC(F)(F)F)C3)n2)c1. The molecule has 1 amide bonds. The van der Waals surface area contributed by atoms with Crippen LogP contribution in [0.5, 0.6) is 5.75 Å². The summed E-state index contributed by atoms with van der Waals surface area (Å²) < 4.78 is 42.2. The van der Waals surface area contributed by atoms with E-state index >= 15 is 0 Å². The van der Waals surface area contributed by atoms with Crippen LogP contribution in [-0.2, 0) is 13.0 Å². The van der Waals surface area contributed by atoms with E-state index in [0.717, 1.165) is 0 Å². The summed E-state index contributed by atoms with van der Waals surface area (Å²) in [5.41, 5.74) is 2.35. The number of fused-ring (bicyclic) bond motifs is 1. The topological polar surface area (TPSA) is 92.3 Å². The van der Waals surface area contributed by atoms with Gasteiger partial charge in [-0.2, -0.15) is 4.98 Å². The molecular weight excluding hydrogens is 425 g/mol. The number of hydrogen-bond donors (Lipinski definition) is 2. The van der Waals surface area contributed by atoms with Gasteiger partial charge in [-0.15, -0.1) is 13.2 Å². The standard InChI is InChI=1S/C21H19F3N6O2/c1-25-18(31)13-4-2-6-15(10-13)28-19-26-12-27-20(29-19)30-9-8-16-14(11-30)5-3-7-17(16)32-21(22,23)24/h2-7,10,12H,8-9,11H2,1H3,(H,25,31)(H,26,27,28,29). The van der Waals surface area contributed by atoms with Gasteiger partial charge in [0.25, 0.3) is 5.91 Å². The van der Waals surface area contributed by atoms with Gasteiger partial charge in [-0.1, -0.05) is 18.2 Å². The van der Waals surface area contributed by atoms with Gasteiger partial charge in [0, 0.05) is 37.0 Å². The monoisotopic (exact) mass is 444 g/mol. The molecule has 0 radical (unpaired) electrons. The van der Waals surface area contributed by atoms with Gasteiger partial charge in [-0.25, -0.2) is 9.97 Å². The van der Waals surface area contributed by atoms with Gasteiger partial charge in [0.1, 0.15) is 12.1 Å². The van der Waals surface area contributed by atoms with Crippen LogP contribution in [-0.4, -0.2) is 40.8 Å². The maximum absolute atomic E-state index is 12.7. The van der Waals surface area contributed by atoms with E-state index in [4.69, 9.17) is 0 Å². The zero-order valence-electron chi connectivity index (χ0n) is 17.0. The molecule has 4 rings (SSSR count). The minimum Gasteiger partial charge on any atom is -0.405 e. The van der Waals surface area contributed by atoms with Crippen molar-refractivity contribution in [3.05, 3.63) is 65.5 Å². The van der Waals surface area contributed by atoms with Gasteiger partial charge < -0.3 is 20.3 Å². The number of nitrogens with zero attached hydrogens (tertiary/aromatic N) is 4. The fraction of sp³-hybridized carbons (Fsp3) is 0.238. The Labute approximate surface area is 181 Å². The number of ether oxygens (including phenoxy) is 1. The molecule has 2 aromatic carbocycles. The number of anilines is 3. The van der Waals surface area contributed by atoms with E-state index in [1.165, 1.54) is 18.5 Å². The molecule has 2 heterocycles. The first-order valence-corrected chi connectivity index (χ1v) is 9.72. The molecule has 3 aromatic rings. The first kappa shape index (κ1) is 21.3. The lowest BCUT2D eigenvalue weighted by Crippen LogP contribution is -2.32. The predicted octanol–water partition coefficient (Wildman–Crippen LogP) is 3.44. The zero-order valence-corrected chi connectivity index (χ0v) is 17.0. The minimum absolute atomic E-state index is 0.177. The van der Waals surface area contributed by atoms with E-state index in [1.807, 2.05) is 4.90 Å². The van der Waals surface area contributed by atoms with Gasteiger partial charge in [0.2, 0.25) is 11.9 Å². The van der Waals surface area contributed by atoms with Crippen molar-refractivity contribution in [2.75, 3.05) is 23.8 Å². The molecule has 1 aliphatic heterocycles. The van der Waals surface area contributed by atoms with Crippen molar-refractivity contribution in [2.45, 2.75) is 19.3 Å². The molecule has 1 aromatic heterocycles. The Morgan fingerprint density at radius 3 is 2.75 bits per heavy atom. The molecule has 1 aliphatic rings. The molecule has 0 bridgehead atoms. The second-order valence-electron chi connectivity index (χ2n) is 7.01. The van der Waals surface area contributed by atoms with E-state index in [1.54, 1.807) is 37.4 Å². The number of amides is 1. The summed E-state index contributed by atoms with van der Waals surface area (Å²) in [5.74, 6) is 0.274. The predicted molar refractivity (Wildman–Crippen MR) is 111 cm³/mol. The lowest BCUT2D eigenvalue weighted by molar-refractivity contribution is -0.274. The lowest BCUT2D eigenvalue weighted by atomic mass is 9.99. The van der Waals surface area contributed by atoms with Crippen LogP contribution in [0.1, 0.15) is 21.5 Å². The van der Waals surface area contributed by atoms with Gasteiger partial charge in [0.15, 0.2) is 0 Å². The molecule has 166 valence electrons. The number of nitrogens with one attached hydrogen (secondary N) is 2. The van der Waals surface area contributed by atoms with Gasteiger partial charge >= 0.3 is 6.36 Å². The highest BCUT2D eigenvalue weighted by Gasteiger charge is 2.33. The fourth-order valence-corrected chi connectivity index (χ4v) is 3.48. The van der Waals surface area contributed by atoms with Crippen molar-refractivity contribution in [3.63, 3.8) is 0 Å². The second kappa shape index (κ2) is 8.69. The highest BCUT2D eigenvalue weighted by atomic mass is 19.4. The Hall–Kier alpha value is -3.89. The maximum atomic E-state index is 12.7. The Morgan fingerprint density at radius 2 is 1.97 bits per heavy atom. The number of alkyl halides is 3. The van der Waals surface area contributed by atoms with E-state index in [0.29, 0.717) is 47.8 Å². The van der Waals surface area contributed by atoms with Gasteiger partial charge in [-0.3, -0.25) is 4.79 Å². The number of halogens is 3. The van der Waals surface area contributed by atoms with Crippen molar-refractivity contribution < 1.29 is 22.7 Å². The number of rotatable bonds is 5. The van der Waals surface area contributed by atoms with Crippen molar-refractivity contribution in [1.82, 2.24) is 20.3 Å². The first-order valence-electron chi connectivity index (χ1n) is 9.72. The van der Waals surface area contributed by atoms with Gasteiger partial charge in [-0.05, 0) is 36.2 Å². The molecule has 0 spiro atoms. The number of carbonyl (C=O) groups excluding carboxylic acids is 1. The average Bonchev–Trinajstić information content (AvgIpc) is 2.78. The normalized spacial score (nSPS) is 13.3. The zero-order chi connectivity index (χ0) is 22.7. The molecule has 0 aliphatic carbocycles. The lowest BCUT2D eigenvalue weighted by Gasteiger charge is -2.30. The van der Waals surface area contributed by atoms with E-state index in [-0.39, 0.29) is 17.6 Å². The summed E-state index contributed by atoms with van der Waals surface area (Å²) in [7, 11) is 1.55. The van der Waals surface area contributed by atoms with E-state index in [2.05, 4.69) is 30.3 Å². The Balaban J connectivity index is 1.52. The van der Waals surface area contributed by atoms with Crippen LogP contribution < -0.4 is 20.3 Å². The third-order valence-corrected chi connectivity index (χ3v) is 4.90. The van der Waals surface area contributed by atoms with Crippen LogP contribution in [0.2, 0.25) is 0 Å². The van der Waals surface area contributed by atoms with Crippen LogP contribution in [0, 0.1) is 0 Å². The second-order valence-corrected chi connectivity index (χ2v) is 7.01. The van der Waals surface area contributed by atoms with E-state index < -0.39 is 6.36 Å². The number of hydrogen-bond acceptors (Lipinski definition) is 7. The van der Waals surface area contributed by atoms with Crippen LogP contribution in [0.3, 0.4) is 0 Å². The van der Waals surface area contributed by atoms with Gasteiger partial charge in [0.05, 0.1) is 0 Å². The molecule has 0 saturated heterocycles. The van der Waals surface area contributed by atoms with Crippen LogP contribution in [0.25, 0.3) is 0 Å². The Kier molecular flexibility index (Phi) is 5.80. The summed E-state index contributed by atoms with van der Waals surface area (Å²) in [6, 6.07) is 11.5. The quantitative estimate of drug-likeness (QED) is 0.623. The molecule has 32 heavy (non-hydrogen) atoms. The molecule has 8 nitrogen and oxygen atoms in total. The number of aromatic nitrogens is 3. The number of carbonyl (C=O) groups is 1. The van der Waals surface area contributed by atoms with Crippen molar-refractivity contribution >= 4 is 23.5 Å². The third kappa shape index (κ3) is 4.88. The molecule has 11 heteroatoms. The van der Waals surface area contributed by atoms with Crippen molar-refractivity contribution in [1.29, 1.82) is 0 Å². The van der Waals surface area contributed by atoms with Crippen molar-refractivity contribution in [2.24, 2.45) is 0 Å². The van der Waals surface area contributed by atoms with E-state index in [9.17, 15) is 18.0 Å². The summed E-state index contributed by atoms with van der Waals surface area (Å²) in [6.45, 7) is 0.751. The fourth-order valence-electron chi connectivity index (χ4n) is 3.48.